The van der Waals surface area contributed by atoms with Crippen LogP contribution in [-0.4, -0.2) is 91.7 Å². The SMILES string of the molecule is C=Cc1ccc(COCCCCCCOc2c(F)c(F)c3c(c2F)C(=O)N([C@H](C(O)O)C(C)(C)C)C3=O)cc1.CC(C)(C)[C@@H](C(O)O)N1C(=O)c2c(F)c(F)c(F)c(F)c2C1=O.[Rh].[Rh]. The summed E-state index contributed by atoms with van der Waals surface area (Å²) in [5, 5.41) is 38.5. The van der Waals surface area contributed by atoms with Crippen molar-refractivity contribution in [2.45, 2.75) is 98.5 Å². The molecule has 2 atom stereocenters. The Bertz CT molecular complexity index is 2190. The van der Waals surface area contributed by atoms with E-state index in [9.17, 15) is 65.9 Å². The summed E-state index contributed by atoms with van der Waals surface area (Å²) in [5.74, 6) is -20.0. The van der Waals surface area contributed by atoms with Crippen LogP contribution in [0.5, 0.6) is 5.75 Å². The normalized spacial score (nSPS) is 14.5. The van der Waals surface area contributed by atoms with Crippen molar-refractivity contribution in [1.82, 2.24) is 9.80 Å². The number of ether oxygens (including phenoxy) is 2. The molecule has 0 aliphatic carbocycles. The number of benzene rings is 3. The molecule has 2 heterocycles. The monoisotopic (exact) mass is 1090 g/mol. The Morgan fingerprint density at radius 3 is 1.28 bits per heavy atom. The Balaban J connectivity index is 0.000000482. The number of halogens is 7. The average molecular weight is 1090 g/mol. The van der Waals surface area contributed by atoms with Crippen molar-refractivity contribution in [3.05, 3.63) is 105 Å². The summed E-state index contributed by atoms with van der Waals surface area (Å²) < 4.78 is 110. The molecule has 0 fully saturated rings. The van der Waals surface area contributed by atoms with E-state index in [1.54, 1.807) is 6.08 Å². The van der Waals surface area contributed by atoms with E-state index in [1.165, 1.54) is 41.5 Å². The number of aliphatic hydroxyl groups is 4. The van der Waals surface area contributed by atoms with Crippen molar-refractivity contribution in [2.75, 3.05) is 13.2 Å². The second kappa shape index (κ2) is 22.5. The van der Waals surface area contributed by atoms with Gasteiger partial charge in [-0.3, -0.25) is 29.0 Å². The number of nitrogens with zero attached hydrogens (tertiary/aromatic N) is 2. The largest absolute Gasteiger partial charge is 0.488 e. The predicted octanol–water partition coefficient (Wildman–Crippen LogP) is 6.78. The molecule has 4 amide bonds. The first-order valence-corrected chi connectivity index (χ1v) is 19.3. The third-order valence-corrected chi connectivity index (χ3v) is 10.1. The molecule has 12 nitrogen and oxygen atoms in total. The van der Waals surface area contributed by atoms with Gasteiger partial charge in [-0.05, 0) is 41.2 Å². The minimum Gasteiger partial charge on any atom is -0.488 e. The van der Waals surface area contributed by atoms with Crippen molar-refractivity contribution in [1.29, 1.82) is 0 Å². The van der Waals surface area contributed by atoms with Crippen molar-refractivity contribution < 1.29 is 119 Å². The minimum atomic E-state index is -2.22. The van der Waals surface area contributed by atoms with Gasteiger partial charge in [0, 0.05) is 45.6 Å². The quantitative estimate of drug-likeness (QED) is 0.0242. The van der Waals surface area contributed by atoms with Crippen LogP contribution in [0.25, 0.3) is 6.08 Å². The summed E-state index contributed by atoms with van der Waals surface area (Å²) in [6.45, 7) is 13.4. The van der Waals surface area contributed by atoms with Gasteiger partial charge in [-0.2, -0.15) is 4.39 Å². The molecule has 3 aromatic rings. The first-order valence-electron chi connectivity index (χ1n) is 19.3. The molecular formula is C43H47F7N2O10Rh2. The molecule has 0 unspecified atom stereocenters. The standard InChI is InChI=1S/C29H34F3NO6.C14H13F4NO4.2Rh/c1-5-17-10-12-18(13-11-17)16-38-14-8-6-7-9-15-39-24-22(31)20-19(21(30)23(24)32)26(34)33(27(20)35)25(28(36)37)29(2,3)4;1-14(2,3)10(13(22)23)19-11(20)4-5(12(19)21)7(16)9(18)8(17)6(4)15;;/h5,10-13,25,28,36-37H,1,6-9,14-16H2,2-4H3;10,13,22-23H,1-3H3;;/t25-;10-;;/m11../s1. The van der Waals surface area contributed by atoms with Crippen LogP contribution in [-0.2, 0) is 50.3 Å². The van der Waals surface area contributed by atoms with Gasteiger partial charge in [0.05, 0.1) is 47.6 Å². The van der Waals surface area contributed by atoms with Gasteiger partial charge in [0.25, 0.3) is 23.6 Å². The molecule has 0 aromatic heterocycles. The Hall–Kier alpha value is -3.96. The predicted molar refractivity (Wildman–Crippen MR) is 207 cm³/mol. The van der Waals surface area contributed by atoms with Gasteiger partial charge in [0.15, 0.2) is 53.2 Å². The molecule has 5 rings (SSSR count). The van der Waals surface area contributed by atoms with E-state index in [0.717, 1.165) is 24.0 Å². The molecule has 356 valence electrons. The molecule has 0 bridgehead atoms. The molecule has 0 saturated heterocycles. The van der Waals surface area contributed by atoms with E-state index < -0.39 is 128 Å². The van der Waals surface area contributed by atoms with E-state index in [2.05, 4.69) is 6.58 Å². The Morgan fingerprint density at radius 1 is 0.562 bits per heavy atom. The van der Waals surface area contributed by atoms with Crippen LogP contribution in [0.15, 0.2) is 30.8 Å². The van der Waals surface area contributed by atoms with Crippen molar-refractivity contribution in [2.24, 2.45) is 10.8 Å². The maximum Gasteiger partial charge on any atom is 0.265 e. The average Bonchev–Trinajstić information content (AvgIpc) is 3.59. The van der Waals surface area contributed by atoms with Crippen LogP contribution in [0.2, 0.25) is 0 Å². The van der Waals surface area contributed by atoms with Crippen molar-refractivity contribution in [3.63, 3.8) is 0 Å². The molecule has 21 heteroatoms. The first kappa shape index (κ1) is 56.2. The van der Waals surface area contributed by atoms with Crippen molar-refractivity contribution >= 4 is 29.7 Å². The maximum atomic E-state index is 15.2. The van der Waals surface area contributed by atoms with Crippen LogP contribution in [0.1, 0.15) is 120 Å². The summed E-state index contributed by atoms with van der Waals surface area (Å²) in [7, 11) is 0. The fourth-order valence-corrected chi connectivity index (χ4v) is 7.08. The zero-order chi connectivity index (χ0) is 46.8. The molecule has 0 saturated carbocycles. The summed E-state index contributed by atoms with van der Waals surface area (Å²) in [5.41, 5.74) is -4.68. The molecule has 3 aromatic carbocycles. The van der Waals surface area contributed by atoms with Crippen LogP contribution < -0.4 is 4.74 Å². The smallest absolute Gasteiger partial charge is 0.265 e. The summed E-state index contributed by atoms with van der Waals surface area (Å²) >= 11 is 0. The van der Waals surface area contributed by atoms with Gasteiger partial charge in [-0.1, -0.05) is 84.9 Å². The molecule has 2 aliphatic heterocycles. The van der Waals surface area contributed by atoms with Crippen LogP contribution in [0, 0.1) is 51.6 Å². The third kappa shape index (κ3) is 11.5. The van der Waals surface area contributed by atoms with Gasteiger partial charge in [-0.25, -0.2) is 26.3 Å². The molecule has 2 radical (unpaired) electrons. The number of imide groups is 2. The minimum absolute atomic E-state index is 0. The number of rotatable bonds is 15. The summed E-state index contributed by atoms with van der Waals surface area (Å²) in [4.78, 5) is 50.8. The van der Waals surface area contributed by atoms with Gasteiger partial charge < -0.3 is 29.9 Å². The molecule has 4 N–H and O–H groups in total. The fraction of sp³-hybridized carbons (Fsp3) is 0.442. The van der Waals surface area contributed by atoms with E-state index >= 15 is 4.39 Å². The molecule has 2 aliphatic rings. The zero-order valence-corrected chi connectivity index (χ0v) is 38.6. The van der Waals surface area contributed by atoms with Crippen molar-refractivity contribution in [3.8, 4) is 5.75 Å². The van der Waals surface area contributed by atoms with Gasteiger partial charge in [-0.15, -0.1) is 0 Å². The van der Waals surface area contributed by atoms with Gasteiger partial charge in [0.1, 0.15) is 0 Å². The van der Waals surface area contributed by atoms with Crippen LogP contribution in [0.4, 0.5) is 30.7 Å². The number of unbranched alkanes of at least 4 members (excludes halogenated alkanes) is 3. The topological polar surface area (TPSA) is 174 Å². The van der Waals surface area contributed by atoms with E-state index in [0.29, 0.717) is 31.0 Å². The number of carbonyl (C=O) groups excluding carboxylic acids is 4. The second-order valence-electron chi connectivity index (χ2n) is 16.7. The van der Waals surface area contributed by atoms with Gasteiger partial charge >= 0.3 is 0 Å². The Kier molecular flexibility index (Phi) is 19.7. The number of hydrogen-bond donors (Lipinski definition) is 4. The number of fused-ring (bicyclic) bond motifs is 2. The Morgan fingerprint density at radius 2 is 0.922 bits per heavy atom. The van der Waals surface area contributed by atoms with Crippen LogP contribution in [0.3, 0.4) is 0 Å². The third-order valence-electron chi connectivity index (χ3n) is 10.1. The van der Waals surface area contributed by atoms with E-state index in [-0.39, 0.29) is 50.5 Å². The Labute approximate surface area is 389 Å². The second-order valence-corrected chi connectivity index (χ2v) is 16.7. The maximum absolute atomic E-state index is 15.2. The van der Waals surface area contributed by atoms with Crippen LogP contribution >= 0.6 is 0 Å². The van der Waals surface area contributed by atoms with Gasteiger partial charge in [0.2, 0.25) is 5.82 Å². The first-order chi connectivity index (χ1) is 28.8. The summed E-state index contributed by atoms with van der Waals surface area (Å²) in [6.07, 6.45) is -0.0602. The fourth-order valence-electron chi connectivity index (χ4n) is 7.08. The van der Waals surface area contributed by atoms with E-state index in [1.807, 2.05) is 24.3 Å². The molecular weight excluding hydrogens is 1040 g/mol. The molecule has 64 heavy (non-hydrogen) atoms. The van der Waals surface area contributed by atoms with E-state index in [4.69, 9.17) is 9.47 Å². The zero-order valence-electron chi connectivity index (χ0n) is 35.3. The summed E-state index contributed by atoms with van der Waals surface area (Å²) in [6, 6.07) is 4.73. The number of aliphatic hydroxyl groups excluding tert-OH is 2. The molecule has 0 spiro atoms. The number of amides is 4. The number of carbonyl (C=O) groups is 4. The number of hydrogen-bond acceptors (Lipinski definition) is 10.